The van der Waals surface area contributed by atoms with E-state index in [-0.39, 0.29) is 12.4 Å². The van der Waals surface area contributed by atoms with Crippen molar-refractivity contribution in [3.05, 3.63) is 71.5 Å². The van der Waals surface area contributed by atoms with Gasteiger partial charge >= 0.3 is 6.03 Å². The summed E-state index contributed by atoms with van der Waals surface area (Å²) in [6.45, 7) is 0.229. The highest BCUT2D eigenvalue weighted by atomic mass is 19.1. The van der Waals surface area contributed by atoms with Crippen LogP contribution in [0.5, 0.6) is 0 Å². The summed E-state index contributed by atoms with van der Waals surface area (Å²) in [6.07, 6.45) is 0. The molecule has 0 fully saturated rings. The van der Waals surface area contributed by atoms with Crippen LogP contribution in [-0.4, -0.2) is 11.9 Å². The summed E-state index contributed by atoms with van der Waals surface area (Å²) in [5, 5.41) is 2.54. The highest BCUT2D eigenvalue weighted by molar-refractivity contribution is 5.95. The highest BCUT2D eigenvalue weighted by Crippen LogP contribution is 2.01. The lowest BCUT2D eigenvalue weighted by atomic mass is 10.2. The summed E-state index contributed by atoms with van der Waals surface area (Å²) in [5.41, 5.74) is 5.71. The molecule has 0 aliphatic rings. The van der Waals surface area contributed by atoms with Gasteiger partial charge in [0.15, 0.2) is 0 Å². The van der Waals surface area contributed by atoms with Crippen LogP contribution in [0.2, 0.25) is 0 Å². The second-order valence-electron chi connectivity index (χ2n) is 4.25. The van der Waals surface area contributed by atoms with Crippen LogP contribution in [0.4, 0.5) is 9.18 Å². The van der Waals surface area contributed by atoms with Gasteiger partial charge < -0.3 is 5.32 Å². The van der Waals surface area contributed by atoms with Crippen molar-refractivity contribution in [1.82, 2.24) is 16.2 Å². The summed E-state index contributed by atoms with van der Waals surface area (Å²) in [7, 11) is 0. The van der Waals surface area contributed by atoms with Gasteiger partial charge in [-0.2, -0.15) is 0 Å². The van der Waals surface area contributed by atoms with E-state index >= 15 is 0 Å². The third kappa shape index (κ3) is 4.61. The van der Waals surface area contributed by atoms with E-state index in [9.17, 15) is 14.0 Å². The Morgan fingerprint density at radius 2 is 1.57 bits per heavy atom. The molecule has 2 aromatic carbocycles. The Kier molecular flexibility index (Phi) is 4.87. The molecule has 6 heteroatoms. The number of benzene rings is 2. The first kappa shape index (κ1) is 14.5. The molecule has 0 spiro atoms. The molecule has 3 amide bonds. The molecule has 108 valence electrons. The molecule has 0 saturated heterocycles. The zero-order chi connectivity index (χ0) is 15.1. The summed E-state index contributed by atoms with van der Waals surface area (Å²) in [4.78, 5) is 23.2. The van der Waals surface area contributed by atoms with Crippen molar-refractivity contribution in [1.29, 1.82) is 0 Å². The van der Waals surface area contributed by atoms with Crippen LogP contribution in [-0.2, 0) is 6.54 Å². The number of urea groups is 1. The number of hydrogen-bond donors (Lipinski definition) is 3. The first-order valence-corrected chi connectivity index (χ1v) is 6.29. The molecular formula is C15H14FN3O2. The molecule has 2 rings (SSSR count). The Balaban J connectivity index is 1.75. The Hall–Kier alpha value is -2.89. The maximum atomic E-state index is 12.7. The molecule has 2 aromatic rings. The molecule has 0 aliphatic heterocycles. The summed E-state index contributed by atoms with van der Waals surface area (Å²) < 4.78 is 12.7. The van der Waals surface area contributed by atoms with E-state index in [2.05, 4.69) is 16.2 Å². The minimum atomic E-state index is -0.552. The van der Waals surface area contributed by atoms with E-state index in [1.54, 1.807) is 42.5 Å². The predicted molar refractivity (Wildman–Crippen MR) is 75.7 cm³/mol. The lowest BCUT2D eigenvalue weighted by Gasteiger charge is -2.09. The van der Waals surface area contributed by atoms with Gasteiger partial charge in [0.1, 0.15) is 5.82 Å². The maximum absolute atomic E-state index is 12.7. The van der Waals surface area contributed by atoms with Gasteiger partial charge in [0, 0.05) is 12.1 Å². The van der Waals surface area contributed by atoms with Gasteiger partial charge in [0.05, 0.1) is 0 Å². The number of rotatable bonds is 3. The fraction of sp³-hybridized carbons (Fsp3) is 0.0667. The Morgan fingerprint density at radius 1 is 0.905 bits per heavy atom. The van der Waals surface area contributed by atoms with Gasteiger partial charge in [-0.15, -0.1) is 0 Å². The van der Waals surface area contributed by atoms with Crippen molar-refractivity contribution in [2.75, 3.05) is 0 Å². The van der Waals surface area contributed by atoms with Gasteiger partial charge in [0.25, 0.3) is 5.91 Å². The van der Waals surface area contributed by atoms with Gasteiger partial charge in [-0.05, 0) is 29.8 Å². The van der Waals surface area contributed by atoms with Gasteiger partial charge in [-0.1, -0.05) is 30.3 Å². The monoisotopic (exact) mass is 287 g/mol. The normalized spacial score (nSPS) is 9.76. The van der Waals surface area contributed by atoms with Crippen molar-refractivity contribution in [2.24, 2.45) is 0 Å². The number of carbonyl (C=O) groups is 2. The lowest BCUT2D eigenvalue weighted by molar-refractivity contribution is 0.0936. The Morgan fingerprint density at radius 3 is 2.24 bits per heavy atom. The lowest BCUT2D eigenvalue weighted by Crippen LogP contribution is -2.46. The molecule has 0 radical (unpaired) electrons. The van der Waals surface area contributed by atoms with Crippen LogP contribution >= 0.6 is 0 Å². The first-order valence-electron chi connectivity index (χ1n) is 6.29. The van der Waals surface area contributed by atoms with E-state index in [1.165, 1.54) is 12.1 Å². The molecule has 0 bridgehead atoms. The molecule has 0 unspecified atom stereocenters. The van der Waals surface area contributed by atoms with Crippen LogP contribution in [0.25, 0.3) is 0 Å². The van der Waals surface area contributed by atoms with Crippen LogP contribution in [0.15, 0.2) is 54.6 Å². The number of hydrazine groups is 1. The number of halogens is 1. The number of carbonyl (C=O) groups excluding carboxylic acids is 2. The highest BCUT2D eigenvalue weighted by Gasteiger charge is 2.06. The minimum absolute atomic E-state index is 0.229. The fourth-order valence-electron chi connectivity index (χ4n) is 1.60. The molecule has 0 aliphatic carbocycles. The first-order chi connectivity index (χ1) is 10.1. The van der Waals surface area contributed by atoms with Gasteiger partial charge in [-0.25, -0.2) is 14.6 Å². The molecular weight excluding hydrogens is 273 g/mol. The van der Waals surface area contributed by atoms with E-state index < -0.39 is 11.9 Å². The third-order valence-electron chi connectivity index (χ3n) is 2.69. The largest absolute Gasteiger partial charge is 0.333 e. The quantitative estimate of drug-likeness (QED) is 0.755. The number of hydrogen-bond acceptors (Lipinski definition) is 2. The van der Waals surface area contributed by atoms with Crippen LogP contribution in [0.1, 0.15) is 15.9 Å². The average molecular weight is 287 g/mol. The number of nitrogens with one attached hydrogen (secondary N) is 3. The molecule has 21 heavy (non-hydrogen) atoms. The van der Waals surface area contributed by atoms with Crippen LogP contribution < -0.4 is 16.2 Å². The number of amides is 3. The standard InChI is InChI=1S/C15H14FN3O2/c16-13-8-6-11(7-9-13)10-17-15(21)19-18-14(20)12-4-2-1-3-5-12/h1-9H,10H2,(H,18,20)(H2,17,19,21). The van der Waals surface area contributed by atoms with Crippen molar-refractivity contribution >= 4 is 11.9 Å². The second-order valence-corrected chi connectivity index (χ2v) is 4.25. The van der Waals surface area contributed by atoms with E-state index in [4.69, 9.17) is 0 Å². The van der Waals surface area contributed by atoms with E-state index in [1.807, 2.05) is 0 Å². The van der Waals surface area contributed by atoms with Crippen molar-refractivity contribution < 1.29 is 14.0 Å². The molecule has 0 saturated carbocycles. The van der Waals surface area contributed by atoms with E-state index in [0.29, 0.717) is 5.56 Å². The SMILES string of the molecule is O=C(NCc1ccc(F)cc1)NNC(=O)c1ccccc1. The summed E-state index contributed by atoms with van der Waals surface area (Å²) in [6, 6.07) is 13.7. The second kappa shape index (κ2) is 7.04. The zero-order valence-corrected chi connectivity index (χ0v) is 11.1. The van der Waals surface area contributed by atoms with Crippen LogP contribution in [0, 0.1) is 5.82 Å². The molecule has 0 atom stereocenters. The minimum Gasteiger partial charge on any atom is -0.333 e. The van der Waals surface area contributed by atoms with Crippen LogP contribution in [0.3, 0.4) is 0 Å². The topological polar surface area (TPSA) is 70.2 Å². The van der Waals surface area contributed by atoms with Crippen molar-refractivity contribution in [3.8, 4) is 0 Å². The molecule has 3 N–H and O–H groups in total. The summed E-state index contributed by atoms with van der Waals surface area (Å²) >= 11 is 0. The van der Waals surface area contributed by atoms with Gasteiger partial charge in [0.2, 0.25) is 0 Å². The third-order valence-corrected chi connectivity index (χ3v) is 2.69. The molecule has 0 heterocycles. The maximum Gasteiger partial charge on any atom is 0.333 e. The van der Waals surface area contributed by atoms with E-state index in [0.717, 1.165) is 5.56 Å². The molecule has 5 nitrogen and oxygen atoms in total. The van der Waals surface area contributed by atoms with Crippen molar-refractivity contribution in [2.45, 2.75) is 6.54 Å². The Labute approximate surface area is 121 Å². The van der Waals surface area contributed by atoms with Gasteiger partial charge in [-0.3, -0.25) is 10.2 Å². The smallest absolute Gasteiger partial charge is 0.333 e. The Bertz CT molecular complexity index is 615. The summed E-state index contributed by atoms with van der Waals surface area (Å²) in [5.74, 6) is -0.745. The predicted octanol–water partition coefficient (Wildman–Crippen LogP) is 1.97. The zero-order valence-electron chi connectivity index (χ0n) is 11.1. The molecule has 0 aromatic heterocycles. The van der Waals surface area contributed by atoms with Crippen molar-refractivity contribution in [3.63, 3.8) is 0 Å². The fourth-order valence-corrected chi connectivity index (χ4v) is 1.60. The average Bonchev–Trinajstić information content (AvgIpc) is 2.53.